The number of pyridine rings is 2. The van der Waals surface area contributed by atoms with Crippen LogP contribution in [0.5, 0.6) is 11.5 Å². The number of carbonyl (C=O) groups is 2. The Morgan fingerprint density at radius 2 is 1.28 bits per heavy atom. The molecule has 0 aliphatic carbocycles. The summed E-state index contributed by atoms with van der Waals surface area (Å²) in [6.45, 7) is 9.45. The molecule has 12 heteroatoms. The van der Waals surface area contributed by atoms with E-state index in [1.54, 1.807) is 62.0 Å². The number of thioether (sulfide) groups is 1. The zero-order chi connectivity index (χ0) is 43.1. The van der Waals surface area contributed by atoms with Crippen molar-refractivity contribution in [1.29, 1.82) is 0 Å². The Balaban J connectivity index is 1.30. The largest absolute Gasteiger partial charge is 0.470 e. The minimum atomic E-state index is -3.12. The molecule has 3 unspecified atom stereocenters. The number of hydrogen-bond donors (Lipinski definition) is 2. The van der Waals surface area contributed by atoms with Gasteiger partial charge < -0.3 is 24.0 Å². The summed E-state index contributed by atoms with van der Waals surface area (Å²) < 4.78 is 25.7. The first-order chi connectivity index (χ1) is 28.6. The second kappa shape index (κ2) is 18.2. The molecule has 60 heavy (non-hydrogen) atoms. The Morgan fingerprint density at radius 1 is 0.767 bits per heavy atom. The van der Waals surface area contributed by atoms with Gasteiger partial charge in [0.25, 0.3) is 14.2 Å². The van der Waals surface area contributed by atoms with Crippen molar-refractivity contribution in [3.63, 3.8) is 0 Å². The maximum absolute atomic E-state index is 14.3. The van der Waals surface area contributed by atoms with Crippen molar-refractivity contribution >= 4 is 76.8 Å². The monoisotopic (exact) mass is 853 g/mol. The summed E-state index contributed by atoms with van der Waals surface area (Å²) in [5, 5.41) is 6.38. The predicted octanol–water partition coefficient (Wildman–Crippen LogP) is 7.53. The van der Waals surface area contributed by atoms with E-state index in [1.807, 2.05) is 48.5 Å². The van der Waals surface area contributed by atoms with Gasteiger partial charge in [0.15, 0.2) is 0 Å². The number of thiol groups is 1. The topological polar surface area (TPSA) is 109 Å². The van der Waals surface area contributed by atoms with E-state index in [-0.39, 0.29) is 18.3 Å². The Kier molecular flexibility index (Phi) is 13.3. The molecule has 1 N–H and O–H groups in total. The number of ether oxygens (including phenoxy) is 3. The third kappa shape index (κ3) is 9.81. The van der Waals surface area contributed by atoms with Crippen LogP contribution in [-0.2, 0) is 18.8 Å². The van der Waals surface area contributed by atoms with Crippen LogP contribution in [0, 0.1) is 24.7 Å². The first-order valence-electron chi connectivity index (χ1n) is 19.2. The molecule has 3 atom stereocenters. The summed E-state index contributed by atoms with van der Waals surface area (Å²) in [4.78, 5) is 35.3. The van der Waals surface area contributed by atoms with Gasteiger partial charge in [-0.3, -0.25) is 14.8 Å². The molecule has 9 nitrogen and oxygen atoms in total. The number of aromatic nitrogens is 2. The summed E-state index contributed by atoms with van der Waals surface area (Å²) in [6.07, 6.45) is 16.2. The fourth-order valence-corrected chi connectivity index (χ4v) is 12.3. The number of terminal acetylenes is 2. The lowest BCUT2D eigenvalue weighted by atomic mass is 10.1. The van der Waals surface area contributed by atoms with Crippen LogP contribution in [-0.4, -0.2) is 65.5 Å². The molecular formula is C48H47N3O6S2Si. The number of benzene rings is 4. The van der Waals surface area contributed by atoms with Crippen LogP contribution in [0.4, 0.5) is 0 Å². The maximum Gasteiger partial charge on any atom is 0.360 e. The number of nitrogens with one attached hydrogen (secondary N) is 1. The van der Waals surface area contributed by atoms with E-state index in [4.69, 9.17) is 31.5 Å². The average Bonchev–Trinajstić information content (AvgIpc) is 3.24. The summed E-state index contributed by atoms with van der Waals surface area (Å²) in [5.41, 5.74) is 0.399. The summed E-state index contributed by atoms with van der Waals surface area (Å²) in [5.74, 6) is 4.76. The van der Waals surface area contributed by atoms with Crippen LogP contribution in [0.2, 0.25) is 5.04 Å². The van der Waals surface area contributed by atoms with E-state index in [2.05, 4.69) is 84.8 Å². The standard InChI is InChI=1S/C48H47N3O6S2Si/c1-9-33-25-35-27-37(21-23-41(35)49-29-33)56-44(59-8)43(52)51-47(6,32-55-60(46(3,4)5,39-17-13-11-14-18-39)40-19-15-12-16-20-40)31-54-45(53)48(7,58)57-38-22-24-42-36(28-38)26-34(10-2)30-50-42/h1-2,11-30,44,58H,31-32H2,3-8H3,(H,51,52). The summed E-state index contributed by atoms with van der Waals surface area (Å²) in [6, 6.07) is 34.5. The van der Waals surface area contributed by atoms with E-state index >= 15 is 0 Å². The van der Waals surface area contributed by atoms with E-state index in [1.165, 1.54) is 18.7 Å². The van der Waals surface area contributed by atoms with Gasteiger partial charge in [-0.1, -0.05) is 93.3 Å². The summed E-state index contributed by atoms with van der Waals surface area (Å²) >= 11 is 5.81. The SMILES string of the molecule is C#Cc1cnc2ccc(OC(SC)C(=O)NC(C)(COC(=O)C(C)(S)Oc3ccc4ncc(C#C)cc4c3)CO[Si](c3ccccc3)(c3ccccc3)C(C)(C)C)cc2c1. The molecule has 2 aromatic heterocycles. The van der Waals surface area contributed by atoms with E-state index < -0.39 is 36.1 Å². The first-order valence-corrected chi connectivity index (χ1v) is 22.8. The Bertz CT molecular complexity index is 2550. The number of rotatable bonds is 15. The smallest absolute Gasteiger partial charge is 0.360 e. The van der Waals surface area contributed by atoms with E-state index in [0.29, 0.717) is 28.1 Å². The molecule has 0 radical (unpaired) electrons. The van der Waals surface area contributed by atoms with Crippen LogP contribution in [0.15, 0.2) is 122 Å². The van der Waals surface area contributed by atoms with Gasteiger partial charge in [-0.05, 0) is 84.0 Å². The second-order valence-corrected chi connectivity index (χ2v) is 21.9. The number of fused-ring (bicyclic) bond motifs is 2. The Hall–Kier alpha value is -5.76. The fourth-order valence-electron chi connectivity index (χ4n) is 6.98. The molecule has 1 amide bonds. The van der Waals surface area contributed by atoms with Crippen molar-refractivity contribution in [1.82, 2.24) is 15.3 Å². The van der Waals surface area contributed by atoms with Crippen LogP contribution >= 0.6 is 24.4 Å². The van der Waals surface area contributed by atoms with Crippen LogP contribution in [0.1, 0.15) is 45.7 Å². The van der Waals surface area contributed by atoms with Crippen LogP contribution in [0.3, 0.4) is 0 Å². The molecule has 0 aliphatic heterocycles. The molecule has 0 aliphatic rings. The van der Waals surface area contributed by atoms with Gasteiger partial charge in [-0.25, -0.2) is 4.79 Å². The molecular weight excluding hydrogens is 807 g/mol. The van der Waals surface area contributed by atoms with Crippen molar-refractivity contribution in [3.8, 4) is 36.2 Å². The molecule has 0 saturated heterocycles. The highest BCUT2D eigenvalue weighted by Gasteiger charge is 2.51. The quantitative estimate of drug-likeness (QED) is 0.0357. The van der Waals surface area contributed by atoms with Crippen molar-refractivity contribution in [2.75, 3.05) is 19.5 Å². The van der Waals surface area contributed by atoms with Gasteiger partial charge >= 0.3 is 5.97 Å². The molecule has 4 aromatic carbocycles. The molecule has 0 bridgehead atoms. The fraction of sp³-hybridized carbons (Fsp3) is 0.250. The minimum Gasteiger partial charge on any atom is -0.470 e. The third-order valence-corrected chi connectivity index (χ3v) is 16.0. The van der Waals surface area contributed by atoms with Gasteiger partial charge in [0.05, 0.1) is 23.2 Å². The molecule has 6 aromatic rings. The molecule has 6 rings (SSSR count). The Morgan fingerprint density at radius 3 is 1.78 bits per heavy atom. The molecule has 306 valence electrons. The number of carbonyl (C=O) groups excluding carboxylic acids is 2. The van der Waals surface area contributed by atoms with Crippen LogP contribution in [0.25, 0.3) is 21.8 Å². The highest BCUT2D eigenvalue weighted by Crippen LogP contribution is 2.37. The average molecular weight is 854 g/mol. The lowest BCUT2D eigenvalue weighted by molar-refractivity contribution is -0.156. The van der Waals surface area contributed by atoms with Crippen molar-refractivity contribution < 1.29 is 28.2 Å². The second-order valence-electron chi connectivity index (χ2n) is 15.8. The predicted molar refractivity (Wildman–Crippen MR) is 246 cm³/mol. The maximum atomic E-state index is 14.3. The zero-order valence-corrected chi connectivity index (χ0v) is 37.1. The normalized spacial score (nSPS) is 14.2. The first kappa shape index (κ1) is 43.8. The number of esters is 1. The molecule has 0 fully saturated rings. The van der Waals surface area contributed by atoms with Gasteiger partial charge in [0, 0.05) is 34.3 Å². The minimum absolute atomic E-state index is 0.0315. The molecule has 2 heterocycles. The van der Waals surface area contributed by atoms with Crippen molar-refractivity contribution in [2.24, 2.45) is 0 Å². The van der Waals surface area contributed by atoms with Crippen LogP contribution < -0.4 is 25.2 Å². The van der Waals surface area contributed by atoms with Crippen molar-refractivity contribution in [2.45, 2.75) is 55.6 Å². The van der Waals surface area contributed by atoms with Gasteiger partial charge in [0.1, 0.15) is 18.1 Å². The highest BCUT2D eigenvalue weighted by molar-refractivity contribution is 7.99. The summed E-state index contributed by atoms with van der Waals surface area (Å²) in [7, 11) is -3.12. The third-order valence-electron chi connectivity index (χ3n) is 9.98. The number of hydrogen-bond acceptors (Lipinski definition) is 10. The lowest BCUT2D eigenvalue weighted by Gasteiger charge is -2.45. The lowest BCUT2D eigenvalue weighted by Crippen LogP contribution is -2.69. The van der Waals surface area contributed by atoms with Gasteiger partial charge in [-0.2, -0.15) is 0 Å². The Labute approximate surface area is 362 Å². The zero-order valence-electron chi connectivity index (χ0n) is 34.4. The van der Waals surface area contributed by atoms with Crippen molar-refractivity contribution in [3.05, 3.63) is 133 Å². The van der Waals surface area contributed by atoms with E-state index in [0.717, 1.165) is 26.7 Å². The highest BCUT2D eigenvalue weighted by atomic mass is 32.2. The van der Waals surface area contributed by atoms with Gasteiger partial charge in [-0.15, -0.1) is 37.2 Å². The number of nitrogens with zero attached hydrogens (tertiary/aromatic N) is 2. The molecule has 0 spiro atoms. The number of amides is 1. The van der Waals surface area contributed by atoms with Gasteiger partial charge in [0.2, 0.25) is 10.4 Å². The van der Waals surface area contributed by atoms with E-state index in [9.17, 15) is 9.59 Å². The molecule has 0 saturated carbocycles.